The summed E-state index contributed by atoms with van der Waals surface area (Å²) in [5.74, 6) is -4.82. The van der Waals surface area contributed by atoms with Crippen LogP contribution in [0.2, 0.25) is 0 Å². The Morgan fingerprint density at radius 1 is 1.00 bits per heavy atom. The molecule has 2 bridgehead atoms. The molecule has 0 radical (unpaired) electrons. The maximum Gasteiger partial charge on any atom is 0.252 e. The van der Waals surface area contributed by atoms with Crippen LogP contribution >= 0.6 is 0 Å². The largest absolute Gasteiger partial charge is 0.491 e. The Kier molecular flexibility index (Phi) is 15.1. The number of aliphatic hydroxyl groups is 3. The van der Waals surface area contributed by atoms with Gasteiger partial charge in [-0.15, -0.1) is 0 Å². The number of nitrogens with one attached hydrogen (secondary N) is 4. The molecule has 3 aliphatic heterocycles. The lowest BCUT2D eigenvalue weighted by Crippen LogP contribution is -2.59. The molecule has 0 aliphatic carbocycles. The Labute approximate surface area is 297 Å². The Bertz CT molecular complexity index is 1390. The van der Waals surface area contributed by atoms with Crippen molar-refractivity contribution in [3.05, 3.63) is 29.8 Å². The van der Waals surface area contributed by atoms with E-state index in [1.807, 2.05) is 13.8 Å². The highest BCUT2D eigenvalue weighted by atomic mass is 16.5. The van der Waals surface area contributed by atoms with Gasteiger partial charge in [0.05, 0.1) is 24.6 Å². The first-order valence-corrected chi connectivity index (χ1v) is 17.3. The normalized spacial score (nSPS) is 25.6. The van der Waals surface area contributed by atoms with Gasteiger partial charge in [0.15, 0.2) is 6.10 Å². The maximum absolute atomic E-state index is 13.7. The molecule has 0 spiro atoms. The predicted molar refractivity (Wildman–Crippen MR) is 183 cm³/mol. The van der Waals surface area contributed by atoms with Crippen LogP contribution < -0.4 is 37.5 Å². The maximum atomic E-state index is 13.7. The zero-order chi connectivity index (χ0) is 38.0. The molecule has 3 heterocycles. The summed E-state index contributed by atoms with van der Waals surface area (Å²) < 4.78 is 5.49. The molecule has 1 fully saturated rings. The lowest BCUT2D eigenvalue weighted by molar-refractivity contribution is -0.140. The Morgan fingerprint density at radius 2 is 1.67 bits per heavy atom. The molecule has 11 N–H and O–H groups in total. The average Bonchev–Trinajstić information content (AvgIpc) is 3.54. The van der Waals surface area contributed by atoms with E-state index < -0.39 is 97.0 Å². The number of hydrogen-bond donors (Lipinski definition) is 9. The number of amides is 6. The van der Waals surface area contributed by atoms with Crippen LogP contribution in [-0.4, -0.2) is 124 Å². The summed E-state index contributed by atoms with van der Waals surface area (Å²) >= 11 is 0. The molecule has 9 atom stereocenters. The predicted octanol–water partition coefficient (Wildman–Crippen LogP) is -2.83. The van der Waals surface area contributed by atoms with E-state index in [1.165, 1.54) is 0 Å². The molecular weight excluding hydrogens is 666 g/mol. The van der Waals surface area contributed by atoms with Gasteiger partial charge >= 0.3 is 0 Å². The van der Waals surface area contributed by atoms with Crippen LogP contribution in [0, 0.1) is 11.8 Å². The van der Waals surface area contributed by atoms with Crippen molar-refractivity contribution in [1.82, 2.24) is 26.2 Å². The van der Waals surface area contributed by atoms with Crippen LogP contribution in [0.4, 0.5) is 0 Å². The third kappa shape index (κ3) is 11.6. The zero-order valence-corrected chi connectivity index (χ0v) is 29.5. The summed E-state index contributed by atoms with van der Waals surface area (Å²) in [4.78, 5) is 78.7. The van der Waals surface area contributed by atoms with E-state index in [9.17, 15) is 44.1 Å². The van der Waals surface area contributed by atoms with Crippen molar-refractivity contribution in [3.63, 3.8) is 0 Å². The number of carbonyl (C=O) groups excluding carboxylic acids is 6. The minimum Gasteiger partial charge on any atom is -0.491 e. The highest BCUT2D eigenvalue weighted by Gasteiger charge is 2.38. The third-order valence-corrected chi connectivity index (χ3v) is 9.42. The van der Waals surface area contributed by atoms with Gasteiger partial charge in [-0.1, -0.05) is 46.2 Å². The van der Waals surface area contributed by atoms with Crippen molar-refractivity contribution in [3.8, 4) is 5.75 Å². The monoisotopic (exact) mass is 719 g/mol. The standard InChI is InChI=1S/C34H53N7O10/c1-5-18(4)28(33(49)39-27(17(2)3)30(36)46)40-32(48)23-7-6-12-41(23)15-24(42)21-13-19-8-10-20(11-9-19)51-16-25(43)29(45)34(50)38-22(14-26(35)44)31(47)37-21/h8-11,17-18,21-25,27-29,42-43,45H,5-7,12-16H2,1-4H3,(H2,35,44)(H2,36,46)(H,37,47)(H,38,50)(H,39,49)(H,40,48)/t18-,21-,22-,23-,24+,25?,27-,28-,29?/m0/s1. The minimum absolute atomic E-state index is 0.0702. The van der Waals surface area contributed by atoms with Gasteiger partial charge in [0.2, 0.25) is 29.5 Å². The topological polar surface area (TPSA) is 276 Å². The number of nitrogens with zero attached hydrogens (tertiary/aromatic N) is 1. The molecule has 17 heteroatoms. The van der Waals surface area contributed by atoms with Crippen LogP contribution in [-0.2, 0) is 35.2 Å². The summed E-state index contributed by atoms with van der Waals surface area (Å²) in [6.07, 6.45) is -3.87. The molecule has 6 amide bonds. The number of hydrogen-bond acceptors (Lipinski definition) is 11. The van der Waals surface area contributed by atoms with Crippen molar-refractivity contribution in [1.29, 1.82) is 0 Å². The fourth-order valence-electron chi connectivity index (χ4n) is 6.13. The molecule has 0 saturated carbocycles. The van der Waals surface area contributed by atoms with E-state index in [1.54, 1.807) is 43.0 Å². The van der Waals surface area contributed by atoms with Crippen molar-refractivity contribution < 1.29 is 48.8 Å². The molecule has 51 heavy (non-hydrogen) atoms. The quantitative estimate of drug-likeness (QED) is 0.100. The summed E-state index contributed by atoms with van der Waals surface area (Å²) in [6, 6.07) is 1.40. The highest BCUT2D eigenvalue weighted by Crippen LogP contribution is 2.21. The van der Waals surface area contributed by atoms with Gasteiger partial charge in [-0.05, 0) is 55.3 Å². The van der Waals surface area contributed by atoms with E-state index in [4.69, 9.17) is 16.2 Å². The van der Waals surface area contributed by atoms with Crippen molar-refractivity contribution in [2.75, 3.05) is 19.7 Å². The molecule has 3 aliphatic rings. The first-order chi connectivity index (χ1) is 24.0. The van der Waals surface area contributed by atoms with E-state index in [-0.39, 0.29) is 24.8 Å². The smallest absolute Gasteiger partial charge is 0.252 e. The molecule has 0 aromatic heterocycles. The number of ether oxygens (including phenoxy) is 1. The summed E-state index contributed by atoms with van der Waals surface area (Å²) in [5.41, 5.74) is 11.5. The van der Waals surface area contributed by atoms with Crippen molar-refractivity contribution in [2.45, 2.75) is 108 Å². The number of rotatable bonds is 13. The van der Waals surface area contributed by atoms with Gasteiger partial charge in [0.25, 0.3) is 5.91 Å². The molecule has 1 saturated heterocycles. The number of carbonyl (C=O) groups is 6. The summed E-state index contributed by atoms with van der Waals surface area (Å²) in [7, 11) is 0. The number of benzene rings is 1. The van der Waals surface area contributed by atoms with E-state index in [0.717, 1.165) is 0 Å². The highest BCUT2D eigenvalue weighted by molar-refractivity contribution is 5.94. The molecule has 1 aromatic carbocycles. The van der Waals surface area contributed by atoms with Gasteiger partial charge in [0.1, 0.15) is 36.6 Å². The van der Waals surface area contributed by atoms with Crippen LogP contribution in [0.25, 0.3) is 0 Å². The van der Waals surface area contributed by atoms with Crippen LogP contribution in [0.1, 0.15) is 58.9 Å². The second-order valence-corrected chi connectivity index (χ2v) is 13.7. The van der Waals surface area contributed by atoms with Crippen molar-refractivity contribution >= 4 is 35.4 Å². The van der Waals surface area contributed by atoms with Gasteiger partial charge in [0, 0.05) is 6.54 Å². The lowest BCUT2D eigenvalue weighted by atomic mass is 9.96. The van der Waals surface area contributed by atoms with Crippen LogP contribution in [0.3, 0.4) is 0 Å². The fourth-order valence-corrected chi connectivity index (χ4v) is 6.13. The van der Waals surface area contributed by atoms with E-state index in [0.29, 0.717) is 37.1 Å². The molecule has 17 nitrogen and oxygen atoms in total. The Morgan fingerprint density at radius 3 is 2.25 bits per heavy atom. The lowest BCUT2D eigenvalue weighted by Gasteiger charge is -2.33. The molecule has 4 rings (SSSR count). The summed E-state index contributed by atoms with van der Waals surface area (Å²) in [5, 5.41) is 42.6. The fraction of sp³-hybridized carbons (Fsp3) is 0.647. The number of nitrogens with two attached hydrogens (primary N) is 2. The average molecular weight is 720 g/mol. The first kappa shape index (κ1) is 41.1. The number of likely N-dealkylation sites (tertiary alicyclic amines) is 1. The van der Waals surface area contributed by atoms with Gasteiger partial charge < -0.3 is 52.8 Å². The first-order valence-electron chi connectivity index (χ1n) is 17.3. The number of primary amides is 2. The second-order valence-electron chi connectivity index (χ2n) is 13.7. The van der Waals surface area contributed by atoms with Crippen LogP contribution in [0.5, 0.6) is 5.75 Å². The van der Waals surface area contributed by atoms with E-state index in [2.05, 4.69) is 21.3 Å². The number of aliphatic hydroxyl groups excluding tert-OH is 3. The third-order valence-electron chi connectivity index (χ3n) is 9.42. The van der Waals surface area contributed by atoms with Gasteiger partial charge in [-0.2, -0.15) is 0 Å². The molecule has 1 aromatic rings. The van der Waals surface area contributed by atoms with Gasteiger partial charge in [-0.3, -0.25) is 33.7 Å². The van der Waals surface area contributed by atoms with Crippen molar-refractivity contribution in [2.24, 2.45) is 23.3 Å². The molecular formula is C34H53N7O10. The minimum atomic E-state index is -2.00. The molecule has 284 valence electrons. The Hall–Kier alpha value is -4.32. The SMILES string of the molecule is CC[C@H](C)[C@H](NC(=O)[C@@H]1CCCN1C[C@@H](O)[C@@H]1Cc2ccc(cc2)OCC(O)C(O)C(=O)N[C@@H](CC(N)=O)C(=O)N1)C(=O)N[C@H](C(N)=O)C(C)C. The zero-order valence-electron chi connectivity index (χ0n) is 29.5. The summed E-state index contributed by atoms with van der Waals surface area (Å²) in [6.45, 7) is 7.09. The van der Waals surface area contributed by atoms with Gasteiger partial charge in [-0.25, -0.2) is 0 Å². The second kappa shape index (κ2) is 18.8. The van der Waals surface area contributed by atoms with Crippen LogP contribution in [0.15, 0.2) is 24.3 Å². The Balaban J connectivity index is 1.83. The molecule has 2 unspecified atom stereocenters. The number of β-amino-alcohol motifs (C(OH)–C–C–N with tert-alkyl or cyclic N) is 1. The number of fused-ring (bicyclic) bond motifs is 12. The van der Waals surface area contributed by atoms with E-state index >= 15 is 0 Å².